The molecular formula is C17H21N3O. The van der Waals surface area contributed by atoms with Crippen LogP contribution in [0.25, 0.3) is 11.3 Å². The van der Waals surface area contributed by atoms with Crippen molar-refractivity contribution in [3.8, 4) is 11.3 Å². The van der Waals surface area contributed by atoms with E-state index in [0.29, 0.717) is 12.5 Å². The van der Waals surface area contributed by atoms with Crippen molar-refractivity contribution in [2.75, 3.05) is 13.1 Å². The van der Waals surface area contributed by atoms with E-state index in [2.05, 4.69) is 27.0 Å². The summed E-state index contributed by atoms with van der Waals surface area (Å²) in [4.78, 5) is 21.1. The summed E-state index contributed by atoms with van der Waals surface area (Å²) in [7, 11) is 0. The second-order valence-electron chi connectivity index (χ2n) is 5.55. The van der Waals surface area contributed by atoms with Crippen LogP contribution in [0.4, 0.5) is 0 Å². The van der Waals surface area contributed by atoms with Crippen LogP contribution in [0, 0.1) is 0 Å². The average molecular weight is 283 g/mol. The van der Waals surface area contributed by atoms with Crippen molar-refractivity contribution in [3.05, 3.63) is 42.4 Å². The van der Waals surface area contributed by atoms with E-state index in [0.717, 1.165) is 42.9 Å². The Morgan fingerprint density at radius 1 is 1.29 bits per heavy atom. The fourth-order valence-corrected chi connectivity index (χ4v) is 3.06. The Morgan fingerprint density at radius 2 is 2.14 bits per heavy atom. The molecule has 21 heavy (non-hydrogen) atoms. The van der Waals surface area contributed by atoms with Crippen LogP contribution in [0.1, 0.15) is 37.5 Å². The van der Waals surface area contributed by atoms with Gasteiger partial charge in [-0.15, -0.1) is 0 Å². The minimum Gasteiger partial charge on any atom is -0.341 e. The van der Waals surface area contributed by atoms with Gasteiger partial charge in [-0.05, 0) is 24.9 Å². The number of aromatic nitrogens is 2. The maximum Gasteiger partial charge on any atom is 0.123 e. The van der Waals surface area contributed by atoms with Crippen molar-refractivity contribution in [1.82, 2.24) is 14.9 Å². The predicted octanol–water partition coefficient (Wildman–Crippen LogP) is 3.19. The molecular weight excluding hydrogens is 262 g/mol. The number of imidazole rings is 1. The summed E-state index contributed by atoms with van der Waals surface area (Å²) in [5.74, 6) is 1.03. The molecule has 1 aromatic heterocycles. The lowest BCUT2D eigenvalue weighted by Gasteiger charge is -2.34. The predicted molar refractivity (Wildman–Crippen MR) is 82.9 cm³/mol. The SMILES string of the molecule is O=CCCN1CCCC[C@@H]1c1ncc(-c2ccccc2)[nH]1. The second kappa shape index (κ2) is 6.68. The first-order valence-electron chi connectivity index (χ1n) is 7.66. The number of H-pyrrole nitrogens is 1. The van der Waals surface area contributed by atoms with Crippen LogP contribution in [-0.4, -0.2) is 34.2 Å². The maximum absolute atomic E-state index is 10.6. The van der Waals surface area contributed by atoms with E-state index >= 15 is 0 Å². The Hall–Kier alpha value is -1.94. The number of hydrogen-bond donors (Lipinski definition) is 1. The maximum atomic E-state index is 10.6. The number of rotatable bonds is 5. The highest BCUT2D eigenvalue weighted by Gasteiger charge is 2.25. The van der Waals surface area contributed by atoms with Crippen LogP contribution in [0.5, 0.6) is 0 Å². The van der Waals surface area contributed by atoms with Crippen molar-refractivity contribution in [2.45, 2.75) is 31.7 Å². The fourth-order valence-electron chi connectivity index (χ4n) is 3.06. The van der Waals surface area contributed by atoms with Crippen molar-refractivity contribution in [3.63, 3.8) is 0 Å². The highest BCUT2D eigenvalue weighted by molar-refractivity contribution is 5.58. The van der Waals surface area contributed by atoms with Gasteiger partial charge < -0.3 is 9.78 Å². The molecule has 0 saturated carbocycles. The zero-order valence-electron chi connectivity index (χ0n) is 12.2. The third kappa shape index (κ3) is 3.22. The first-order chi connectivity index (χ1) is 10.4. The van der Waals surface area contributed by atoms with Gasteiger partial charge in [-0.1, -0.05) is 36.8 Å². The number of likely N-dealkylation sites (tertiary alicyclic amines) is 1. The van der Waals surface area contributed by atoms with E-state index < -0.39 is 0 Å². The van der Waals surface area contributed by atoms with Gasteiger partial charge in [0.05, 0.1) is 17.9 Å². The van der Waals surface area contributed by atoms with Crippen LogP contribution in [0.3, 0.4) is 0 Å². The van der Waals surface area contributed by atoms with Crippen molar-refractivity contribution >= 4 is 6.29 Å². The van der Waals surface area contributed by atoms with Crippen molar-refractivity contribution < 1.29 is 4.79 Å². The molecule has 0 aliphatic carbocycles. The molecule has 1 fully saturated rings. The highest BCUT2D eigenvalue weighted by Crippen LogP contribution is 2.30. The Morgan fingerprint density at radius 3 is 2.95 bits per heavy atom. The topological polar surface area (TPSA) is 49.0 Å². The summed E-state index contributed by atoms with van der Waals surface area (Å²) < 4.78 is 0. The molecule has 4 nitrogen and oxygen atoms in total. The molecule has 2 heterocycles. The Kier molecular flexibility index (Phi) is 4.46. The van der Waals surface area contributed by atoms with E-state index in [1.807, 2.05) is 24.4 Å². The Balaban J connectivity index is 1.79. The van der Waals surface area contributed by atoms with Crippen LogP contribution in [0.15, 0.2) is 36.5 Å². The molecule has 2 aromatic rings. The number of nitrogens with zero attached hydrogens (tertiary/aromatic N) is 2. The number of benzene rings is 1. The zero-order valence-corrected chi connectivity index (χ0v) is 12.2. The van der Waals surface area contributed by atoms with Crippen LogP contribution in [-0.2, 0) is 4.79 Å². The van der Waals surface area contributed by atoms with Gasteiger partial charge >= 0.3 is 0 Å². The van der Waals surface area contributed by atoms with Gasteiger partial charge in [-0.25, -0.2) is 4.98 Å². The van der Waals surface area contributed by atoms with E-state index in [1.54, 1.807) is 0 Å². The quantitative estimate of drug-likeness (QED) is 0.857. The molecule has 0 unspecified atom stereocenters. The molecule has 0 radical (unpaired) electrons. The minimum atomic E-state index is 0.316. The lowest BCUT2D eigenvalue weighted by atomic mass is 10.0. The smallest absolute Gasteiger partial charge is 0.123 e. The number of aromatic amines is 1. The molecule has 0 spiro atoms. The number of hydrogen-bond acceptors (Lipinski definition) is 3. The summed E-state index contributed by atoms with van der Waals surface area (Å²) in [5.41, 5.74) is 2.22. The van der Waals surface area contributed by atoms with Crippen molar-refractivity contribution in [1.29, 1.82) is 0 Å². The normalized spacial score (nSPS) is 19.5. The Labute approximate surface area is 125 Å². The molecule has 1 aliphatic rings. The molecule has 0 amide bonds. The molecule has 110 valence electrons. The third-order valence-corrected chi connectivity index (χ3v) is 4.14. The molecule has 3 rings (SSSR count). The van der Waals surface area contributed by atoms with E-state index in [-0.39, 0.29) is 0 Å². The number of aldehydes is 1. The highest BCUT2D eigenvalue weighted by atomic mass is 16.1. The van der Waals surface area contributed by atoms with Crippen molar-refractivity contribution in [2.24, 2.45) is 0 Å². The molecule has 1 aromatic carbocycles. The lowest BCUT2D eigenvalue weighted by Crippen LogP contribution is -2.34. The molecule has 1 N–H and O–H groups in total. The van der Waals surface area contributed by atoms with Crippen LogP contribution < -0.4 is 0 Å². The number of carbonyl (C=O) groups is 1. The molecule has 4 heteroatoms. The molecule has 1 aliphatic heterocycles. The average Bonchev–Trinajstić information content (AvgIpc) is 3.04. The summed E-state index contributed by atoms with van der Waals surface area (Å²) in [6, 6.07) is 10.6. The van der Waals surface area contributed by atoms with Crippen LogP contribution >= 0.6 is 0 Å². The van der Waals surface area contributed by atoms with Gasteiger partial charge in [-0.2, -0.15) is 0 Å². The first kappa shape index (κ1) is 14.0. The molecule has 1 saturated heterocycles. The minimum absolute atomic E-state index is 0.316. The Bertz CT molecular complexity index is 579. The second-order valence-corrected chi connectivity index (χ2v) is 5.55. The van der Waals surface area contributed by atoms with Crippen LogP contribution in [0.2, 0.25) is 0 Å². The third-order valence-electron chi connectivity index (χ3n) is 4.14. The van der Waals surface area contributed by atoms with Gasteiger partial charge in [0.15, 0.2) is 0 Å². The fraction of sp³-hybridized carbons (Fsp3) is 0.412. The number of nitrogens with one attached hydrogen (secondary N) is 1. The van der Waals surface area contributed by atoms with Gasteiger partial charge in [0.1, 0.15) is 12.1 Å². The largest absolute Gasteiger partial charge is 0.341 e. The van der Waals surface area contributed by atoms with E-state index in [9.17, 15) is 4.79 Å². The standard InChI is InChI=1S/C17H21N3O/c21-12-6-11-20-10-5-4-9-16(20)17-18-13-15(19-17)14-7-2-1-3-8-14/h1-3,7-8,12-13,16H,4-6,9-11H2,(H,18,19)/t16-/m1/s1. The lowest BCUT2D eigenvalue weighted by molar-refractivity contribution is -0.108. The van der Waals surface area contributed by atoms with E-state index in [4.69, 9.17) is 0 Å². The van der Waals surface area contributed by atoms with Gasteiger partial charge in [0.2, 0.25) is 0 Å². The number of piperidine rings is 1. The first-order valence-corrected chi connectivity index (χ1v) is 7.66. The summed E-state index contributed by atoms with van der Waals surface area (Å²) in [5, 5.41) is 0. The monoisotopic (exact) mass is 283 g/mol. The van der Waals surface area contributed by atoms with Gasteiger partial charge in [-0.3, -0.25) is 4.90 Å². The molecule has 0 bridgehead atoms. The van der Waals surface area contributed by atoms with E-state index in [1.165, 1.54) is 12.8 Å². The number of carbonyl (C=O) groups excluding carboxylic acids is 1. The van der Waals surface area contributed by atoms with Gasteiger partial charge in [0.25, 0.3) is 0 Å². The van der Waals surface area contributed by atoms with Gasteiger partial charge in [0, 0.05) is 13.0 Å². The summed E-state index contributed by atoms with van der Waals surface area (Å²) in [6.07, 6.45) is 7.06. The summed E-state index contributed by atoms with van der Waals surface area (Å²) in [6.45, 7) is 1.88. The molecule has 1 atom stereocenters. The zero-order chi connectivity index (χ0) is 14.5. The summed E-state index contributed by atoms with van der Waals surface area (Å²) >= 11 is 0.